The van der Waals surface area contributed by atoms with Gasteiger partial charge < -0.3 is 24.8 Å². The first kappa shape index (κ1) is 20.9. The van der Waals surface area contributed by atoms with E-state index in [-0.39, 0.29) is 24.0 Å². The van der Waals surface area contributed by atoms with E-state index in [0.29, 0.717) is 12.0 Å². The second-order valence-corrected chi connectivity index (χ2v) is 5.94. The summed E-state index contributed by atoms with van der Waals surface area (Å²) in [5.41, 5.74) is 0. The molecule has 23 heavy (non-hydrogen) atoms. The smallest absolute Gasteiger partial charge is 0.191 e. The first-order chi connectivity index (χ1) is 10.9. The molecule has 2 unspecified atom stereocenters. The summed E-state index contributed by atoms with van der Waals surface area (Å²) in [5.74, 6) is 1.47. The zero-order chi connectivity index (χ0) is 15.5. The van der Waals surface area contributed by atoms with Crippen LogP contribution in [0.25, 0.3) is 0 Å². The van der Waals surface area contributed by atoms with Crippen molar-refractivity contribution in [2.24, 2.45) is 10.9 Å². The maximum atomic E-state index is 5.70. The van der Waals surface area contributed by atoms with Crippen molar-refractivity contribution in [2.45, 2.75) is 38.7 Å². The highest BCUT2D eigenvalue weighted by Gasteiger charge is 2.15. The number of nitrogens with one attached hydrogen (secondary N) is 2. The molecule has 0 spiro atoms. The van der Waals surface area contributed by atoms with Crippen molar-refractivity contribution in [3.63, 3.8) is 0 Å². The van der Waals surface area contributed by atoms with E-state index in [0.717, 1.165) is 84.3 Å². The van der Waals surface area contributed by atoms with Crippen LogP contribution in [-0.2, 0) is 14.2 Å². The van der Waals surface area contributed by atoms with Crippen LogP contribution in [-0.4, -0.2) is 64.7 Å². The summed E-state index contributed by atoms with van der Waals surface area (Å²) in [6.45, 7) is 8.81. The van der Waals surface area contributed by atoms with Gasteiger partial charge in [0, 0.05) is 38.8 Å². The standard InChI is InChI=1S/C16H31N3O3.HI/c1-2-17-16(19-11-15-5-3-9-22-15)18-7-4-8-20-12-14-6-10-21-13-14;/h14-15H,2-13H2,1H3,(H2,17,18,19);1H. The van der Waals surface area contributed by atoms with Crippen molar-refractivity contribution >= 4 is 29.9 Å². The second-order valence-electron chi connectivity index (χ2n) is 5.94. The second kappa shape index (κ2) is 13.2. The molecule has 2 atom stereocenters. The van der Waals surface area contributed by atoms with E-state index in [1.807, 2.05) is 0 Å². The van der Waals surface area contributed by atoms with Crippen molar-refractivity contribution in [1.82, 2.24) is 10.6 Å². The lowest BCUT2D eigenvalue weighted by atomic mass is 10.1. The van der Waals surface area contributed by atoms with E-state index in [2.05, 4.69) is 22.5 Å². The topological polar surface area (TPSA) is 64.1 Å². The van der Waals surface area contributed by atoms with Crippen molar-refractivity contribution in [2.75, 3.05) is 52.7 Å². The van der Waals surface area contributed by atoms with Crippen molar-refractivity contribution in [3.8, 4) is 0 Å². The van der Waals surface area contributed by atoms with Crippen LogP contribution in [0.1, 0.15) is 32.6 Å². The lowest BCUT2D eigenvalue weighted by Gasteiger charge is -2.13. The van der Waals surface area contributed by atoms with Crippen LogP contribution in [0.3, 0.4) is 0 Å². The Hall–Kier alpha value is -0.120. The SMILES string of the molecule is CCNC(=NCC1CCCO1)NCCCOCC1CCOC1.I. The number of halogens is 1. The lowest BCUT2D eigenvalue weighted by molar-refractivity contribution is 0.0888. The third kappa shape index (κ3) is 9.07. The molecule has 0 aliphatic carbocycles. The molecule has 2 fully saturated rings. The predicted molar refractivity (Wildman–Crippen MR) is 103 cm³/mol. The summed E-state index contributed by atoms with van der Waals surface area (Å²) in [5, 5.41) is 6.62. The molecule has 0 radical (unpaired) electrons. The quantitative estimate of drug-likeness (QED) is 0.247. The van der Waals surface area contributed by atoms with Gasteiger partial charge >= 0.3 is 0 Å². The Morgan fingerprint density at radius 2 is 2.17 bits per heavy atom. The first-order valence-corrected chi connectivity index (χ1v) is 8.67. The Morgan fingerprint density at radius 3 is 2.87 bits per heavy atom. The minimum absolute atomic E-state index is 0. The fourth-order valence-electron chi connectivity index (χ4n) is 2.67. The van der Waals surface area contributed by atoms with Crippen LogP contribution in [0.2, 0.25) is 0 Å². The molecular weight excluding hydrogens is 409 g/mol. The molecule has 0 aromatic heterocycles. The molecule has 2 N–H and O–H groups in total. The third-order valence-electron chi connectivity index (χ3n) is 3.96. The fraction of sp³-hybridized carbons (Fsp3) is 0.938. The number of aliphatic imine (C=N–C) groups is 1. The summed E-state index contributed by atoms with van der Waals surface area (Å²) in [4.78, 5) is 4.59. The van der Waals surface area contributed by atoms with Crippen molar-refractivity contribution < 1.29 is 14.2 Å². The van der Waals surface area contributed by atoms with Crippen LogP contribution in [0.5, 0.6) is 0 Å². The van der Waals surface area contributed by atoms with E-state index in [1.165, 1.54) is 0 Å². The highest BCUT2D eigenvalue weighted by atomic mass is 127. The highest BCUT2D eigenvalue weighted by molar-refractivity contribution is 14.0. The predicted octanol–water partition coefficient (Wildman–Crippen LogP) is 1.78. The van der Waals surface area contributed by atoms with E-state index in [1.54, 1.807) is 0 Å². The van der Waals surface area contributed by atoms with Crippen LogP contribution in [0.15, 0.2) is 4.99 Å². The highest BCUT2D eigenvalue weighted by Crippen LogP contribution is 2.12. The molecule has 136 valence electrons. The fourth-order valence-corrected chi connectivity index (χ4v) is 2.67. The number of hydrogen-bond acceptors (Lipinski definition) is 4. The number of nitrogens with zero attached hydrogens (tertiary/aromatic N) is 1. The number of hydrogen-bond donors (Lipinski definition) is 2. The summed E-state index contributed by atoms with van der Waals surface area (Å²) >= 11 is 0. The van der Waals surface area contributed by atoms with Gasteiger partial charge in [0.2, 0.25) is 0 Å². The number of guanidine groups is 1. The zero-order valence-electron chi connectivity index (χ0n) is 14.2. The molecule has 0 amide bonds. The van der Waals surface area contributed by atoms with Gasteiger partial charge in [0.15, 0.2) is 5.96 Å². The molecule has 2 heterocycles. The number of rotatable bonds is 9. The summed E-state index contributed by atoms with van der Waals surface area (Å²) in [7, 11) is 0. The summed E-state index contributed by atoms with van der Waals surface area (Å²) in [6, 6.07) is 0. The van der Waals surface area contributed by atoms with Crippen LogP contribution in [0.4, 0.5) is 0 Å². The monoisotopic (exact) mass is 441 g/mol. The molecule has 2 aliphatic rings. The Bertz CT molecular complexity index is 320. The minimum Gasteiger partial charge on any atom is -0.381 e. The van der Waals surface area contributed by atoms with Crippen LogP contribution >= 0.6 is 24.0 Å². The molecular formula is C16H32IN3O3. The molecule has 2 rings (SSSR count). The van der Waals surface area contributed by atoms with Crippen LogP contribution in [0, 0.1) is 5.92 Å². The van der Waals surface area contributed by atoms with Crippen LogP contribution < -0.4 is 10.6 Å². The first-order valence-electron chi connectivity index (χ1n) is 8.67. The summed E-state index contributed by atoms with van der Waals surface area (Å²) in [6.07, 6.45) is 4.71. The van der Waals surface area contributed by atoms with Gasteiger partial charge in [-0.05, 0) is 32.6 Å². The zero-order valence-corrected chi connectivity index (χ0v) is 16.6. The molecule has 0 saturated carbocycles. The molecule has 2 saturated heterocycles. The lowest BCUT2D eigenvalue weighted by Crippen LogP contribution is -2.38. The van der Waals surface area contributed by atoms with Crippen molar-refractivity contribution in [3.05, 3.63) is 0 Å². The summed E-state index contributed by atoms with van der Waals surface area (Å²) < 4.78 is 16.6. The molecule has 6 nitrogen and oxygen atoms in total. The van der Waals surface area contributed by atoms with E-state index < -0.39 is 0 Å². The van der Waals surface area contributed by atoms with Gasteiger partial charge in [-0.1, -0.05) is 0 Å². The maximum Gasteiger partial charge on any atom is 0.191 e. The Labute approximate surface area is 157 Å². The van der Waals surface area contributed by atoms with Crippen molar-refractivity contribution in [1.29, 1.82) is 0 Å². The van der Waals surface area contributed by atoms with E-state index in [9.17, 15) is 0 Å². The molecule has 0 aromatic rings. The Morgan fingerprint density at radius 1 is 1.26 bits per heavy atom. The van der Waals surface area contributed by atoms with Gasteiger partial charge in [-0.15, -0.1) is 24.0 Å². The minimum atomic E-state index is 0. The van der Waals surface area contributed by atoms with E-state index >= 15 is 0 Å². The Kier molecular flexibility index (Phi) is 12.0. The van der Waals surface area contributed by atoms with Gasteiger partial charge in [-0.25, -0.2) is 0 Å². The number of ether oxygens (including phenoxy) is 3. The maximum absolute atomic E-state index is 5.70. The largest absolute Gasteiger partial charge is 0.381 e. The van der Waals surface area contributed by atoms with Gasteiger partial charge in [-0.2, -0.15) is 0 Å². The molecule has 0 aromatic carbocycles. The van der Waals surface area contributed by atoms with Gasteiger partial charge in [0.05, 0.1) is 25.9 Å². The molecule has 2 aliphatic heterocycles. The Balaban J connectivity index is 0.00000264. The average Bonchev–Trinajstić information content (AvgIpc) is 3.21. The normalized spacial score (nSPS) is 24.5. The van der Waals surface area contributed by atoms with Gasteiger partial charge in [0.1, 0.15) is 0 Å². The van der Waals surface area contributed by atoms with Gasteiger partial charge in [0.25, 0.3) is 0 Å². The van der Waals surface area contributed by atoms with Gasteiger partial charge in [-0.3, -0.25) is 4.99 Å². The molecule has 7 heteroatoms. The third-order valence-corrected chi connectivity index (χ3v) is 3.96. The van der Waals surface area contributed by atoms with E-state index in [4.69, 9.17) is 14.2 Å². The average molecular weight is 441 g/mol. The molecule has 0 bridgehead atoms.